The Morgan fingerprint density at radius 2 is 0.717 bits per heavy atom. The first-order valence-corrected chi connectivity index (χ1v) is 21.0. The number of benzene rings is 8. The fourth-order valence-corrected chi connectivity index (χ4v) is 9.59. The van der Waals surface area contributed by atoms with Crippen LogP contribution in [0.25, 0.3) is 88.4 Å². The van der Waals surface area contributed by atoms with Gasteiger partial charge in [-0.05, 0) is 128 Å². The van der Waals surface area contributed by atoms with Gasteiger partial charge < -0.3 is 18.6 Å². The quantitative estimate of drug-likeness (QED) is 0.179. The summed E-state index contributed by atoms with van der Waals surface area (Å²) in [6.45, 7) is 13.5. The highest BCUT2D eigenvalue weighted by molar-refractivity contribution is 6.14. The van der Waals surface area contributed by atoms with Gasteiger partial charge in [-0.25, -0.2) is 0 Å². The molecule has 2 aliphatic heterocycles. The lowest BCUT2D eigenvalue weighted by Crippen LogP contribution is -2.12. The van der Waals surface area contributed by atoms with Gasteiger partial charge in [0.1, 0.15) is 0 Å². The van der Waals surface area contributed by atoms with E-state index in [9.17, 15) is 0 Å². The van der Waals surface area contributed by atoms with Crippen molar-refractivity contribution >= 4 is 43.6 Å². The minimum absolute atomic E-state index is 0.0302. The zero-order valence-electron chi connectivity index (χ0n) is 34.7. The summed E-state index contributed by atoms with van der Waals surface area (Å²) < 4.78 is 17.9. The van der Waals surface area contributed by atoms with Crippen LogP contribution in [0.5, 0.6) is 23.0 Å². The maximum absolute atomic E-state index is 6.59. The summed E-state index contributed by atoms with van der Waals surface area (Å²) in [5, 5.41) is 4.83. The van der Waals surface area contributed by atoms with Crippen LogP contribution < -0.4 is 9.47 Å². The average Bonchev–Trinajstić information content (AvgIpc) is 3.77. The Labute approximate surface area is 349 Å². The number of fused-ring (bicyclic) bond motifs is 10. The van der Waals surface area contributed by atoms with Gasteiger partial charge in [0.05, 0.1) is 33.4 Å². The monoisotopic (exact) mass is 776 g/mol. The number of para-hydroxylation sites is 2. The van der Waals surface area contributed by atoms with Crippen LogP contribution in [0.3, 0.4) is 0 Å². The smallest absolute Gasteiger partial charge is 0.152 e. The molecule has 0 saturated heterocycles. The minimum Gasteiger partial charge on any atom is -0.453 e. The van der Waals surface area contributed by atoms with Gasteiger partial charge >= 0.3 is 0 Å². The molecule has 0 aliphatic carbocycles. The zero-order valence-corrected chi connectivity index (χ0v) is 34.7. The van der Waals surface area contributed by atoms with Crippen molar-refractivity contribution < 1.29 is 9.47 Å². The van der Waals surface area contributed by atoms with Gasteiger partial charge in [0.2, 0.25) is 0 Å². The van der Waals surface area contributed by atoms with Crippen LogP contribution in [0, 0.1) is 0 Å². The molecule has 4 nitrogen and oxygen atoms in total. The molecule has 290 valence electrons. The van der Waals surface area contributed by atoms with E-state index in [4.69, 9.17) is 9.47 Å². The Morgan fingerprint density at radius 3 is 1.12 bits per heavy atom. The van der Waals surface area contributed by atoms with Crippen molar-refractivity contribution in [3.05, 3.63) is 169 Å². The van der Waals surface area contributed by atoms with E-state index in [1.807, 2.05) is 0 Å². The summed E-state index contributed by atoms with van der Waals surface area (Å²) in [4.78, 5) is 0. The molecule has 0 amide bonds. The molecule has 0 bridgehead atoms. The highest BCUT2D eigenvalue weighted by Crippen LogP contribution is 2.49. The van der Waals surface area contributed by atoms with Crippen LogP contribution in [0.15, 0.2) is 158 Å². The van der Waals surface area contributed by atoms with Crippen molar-refractivity contribution in [2.45, 2.75) is 52.4 Å². The van der Waals surface area contributed by atoms with E-state index in [1.165, 1.54) is 77.1 Å². The summed E-state index contributed by atoms with van der Waals surface area (Å²) in [5.41, 5.74) is 16.5. The Morgan fingerprint density at radius 1 is 0.333 bits per heavy atom. The number of hydrogen-bond acceptors (Lipinski definition) is 2. The molecule has 0 saturated carbocycles. The summed E-state index contributed by atoms with van der Waals surface area (Å²) in [5.74, 6) is 3.60. The number of rotatable bonds is 3. The van der Waals surface area contributed by atoms with Crippen LogP contribution in [-0.4, -0.2) is 9.13 Å². The molecule has 0 atom stereocenters. The second kappa shape index (κ2) is 12.2. The van der Waals surface area contributed by atoms with Crippen molar-refractivity contribution in [3.63, 3.8) is 0 Å². The lowest BCUT2D eigenvalue weighted by atomic mass is 9.87. The first kappa shape index (κ1) is 35.0. The highest BCUT2D eigenvalue weighted by Gasteiger charge is 2.28. The van der Waals surface area contributed by atoms with E-state index in [2.05, 4.69) is 208 Å². The van der Waals surface area contributed by atoms with Crippen LogP contribution in [0.4, 0.5) is 0 Å². The molecule has 4 heterocycles. The Bertz CT molecular complexity index is 3230. The maximum Gasteiger partial charge on any atom is 0.152 e. The highest BCUT2D eigenvalue weighted by atomic mass is 16.5. The Balaban J connectivity index is 0.918. The molecule has 8 aromatic carbocycles. The molecule has 0 N–H and O–H groups in total. The molecule has 0 radical (unpaired) electrons. The molecular weight excluding hydrogens is 733 g/mol. The lowest BCUT2D eigenvalue weighted by molar-refractivity contribution is 0.472. The maximum atomic E-state index is 6.59. The predicted molar refractivity (Wildman–Crippen MR) is 249 cm³/mol. The van der Waals surface area contributed by atoms with Crippen LogP contribution in [0.1, 0.15) is 52.7 Å². The van der Waals surface area contributed by atoms with Crippen LogP contribution in [0.2, 0.25) is 0 Å². The number of nitrogens with zero attached hydrogens (tertiary/aromatic N) is 2. The summed E-state index contributed by atoms with van der Waals surface area (Å²) in [6.07, 6.45) is 0. The molecule has 2 aliphatic rings. The summed E-state index contributed by atoms with van der Waals surface area (Å²) in [7, 11) is 0. The third-order valence-electron chi connectivity index (χ3n) is 12.8. The second-order valence-electron chi connectivity index (χ2n) is 18.7. The van der Waals surface area contributed by atoms with E-state index in [0.29, 0.717) is 0 Å². The van der Waals surface area contributed by atoms with Gasteiger partial charge in [-0.15, -0.1) is 0 Å². The summed E-state index contributed by atoms with van der Waals surface area (Å²) >= 11 is 0. The van der Waals surface area contributed by atoms with Crippen LogP contribution in [-0.2, 0) is 10.8 Å². The van der Waals surface area contributed by atoms with Gasteiger partial charge in [0.15, 0.2) is 23.0 Å². The third-order valence-corrected chi connectivity index (χ3v) is 12.8. The largest absolute Gasteiger partial charge is 0.453 e. The van der Waals surface area contributed by atoms with E-state index in [0.717, 1.165) is 45.4 Å². The fraction of sp³-hybridized carbons (Fsp3) is 0.143. The standard InChI is InChI=1S/C56H44N2O2/c1-55(2,3)39-21-25-47-51(31-39)59-49-17-9-15-41-43-29-37(19-23-45(43)57(47)53(41)49)35-13-7-11-33(27-35)34-12-8-14-36(28-34)38-20-24-46-44(30-38)42-16-10-18-50-54(42)58(46)48-26-22-40(56(4,5)6)32-52(48)60-50/h7-32H,1-6H3. The molecule has 2 aromatic heterocycles. The third kappa shape index (κ3) is 5.16. The van der Waals surface area contributed by atoms with Gasteiger partial charge in [-0.1, -0.05) is 126 Å². The molecule has 12 rings (SSSR count). The van der Waals surface area contributed by atoms with Crippen LogP contribution >= 0.6 is 0 Å². The van der Waals surface area contributed by atoms with Crippen molar-refractivity contribution in [1.82, 2.24) is 9.13 Å². The van der Waals surface area contributed by atoms with Gasteiger partial charge in [-0.2, -0.15) is 0 Å². The molecule has 4 heteroatoms. The second-order valence-corrected chi connectivity index (χ2v) is 18.7. The number of hydrogen-bond donors (Lipinski definition) is 0. The first-order valence-electron chi connectivity index (χ1n) is 21.0. The van der Waals surface area contributed by atoms with Crippen molar-refractivity contribution in [2.24, 2.45) is 0 Å². The molecular formula is C56H44N2O2. The SMILES string of the molecule is CC(C)(C)c1ccc2c(c1)Oc1cccc3c4cc(-c5cccc(-c6cccc(-c7ccc8c(c7)c7cccc9c7n8-c7ccc(C(C)(C)C)cc7O9)c6)c5)ccc4n-2c13. The minimum atomic E-state index is 0.0302. The predicted octanol–water partition coefficient (Wildman–Crippen LogP) is 15.7. The first-order chi connectivity index (χ1) is 29.0. The van der Waals surface area contributed by atoms with Gasteiger partial charge in [-0.3, -0.25) is 0 Å². The van der Waals surface area contributed by atoms with E-state index in [1.54, 1.807) is 0 Å². The van der Waals surface area contributed by atoms with E-state index < -0.39 is 0 Å². The number of ether oxygens (including phenoxy) is 2. The Kier molecular flexibility index (Phi) is 7.14. The van der Waals surface area contributed by atoms with Crippen molar-refractivity contribution in [1.29, 1.82) is 0 Å². The summed E-state index contributed by atoms with van der Waals surface area (Å²) in [6, 6.07) is 57.9. The normalized spacial score (nSPS) is 13.1. The van der Waals surface area contributed by atoms with Gasteiger partial charge in [0, 0.05) is 21.5 Å². The molecule has 0 spiro atoms. The number of aromatic nitrogens is 2. The van der Waals surface area contributed by atoms with Gasteiger partial charge in [0.25, 0.3) is 0 Å². The van der Waals surface area contributed by atoms with E-state index >= 15 is 0 Å². The lowest BCUT2D eigenvalue weighted by Gasteiger charge is -2.25. The van der Waals surface area contributed by atoms with Crippen molar-refractivity contribution in [2.75, 3.05) is 0 Å². The zero-order chi connectivity index (χ0) is 40.7. The average molecular weight is 777 g/mol. The topological polar surface area (TPSA) is 28.3 Å². The van der Waals surface area contributed by atoms with Crippen molar-refractivity contribution in [3.8, 4) is 67.8 Å². The van der Waals surface area contributed by atoms with E-state index in [-0.39, 0.29) is 10.8 Å². The molecule has 0 fully saturated rings. The molecule has 60 heavy (non-hydrogen) atoms. The molecule has 10 aromatic rings. The Hall–Kier alpha value is -7.04. The fourth-order valence-electron chi connectivity index (χ4n) is 9.59. The molecule has 0 unspecified atom stereocenters.